The number of carbonyl (C=O) groups is 5. The number of thiazole rings is 1. The monoisotopic (exact) mass is 665 g/mol. The minimum Gasteiger partial charge on any atom is -0.504 e. The molecule has 0 aromatic carbocycles. The highest BCUT2D eigenvalue weighted by Gasteiger charge is 2.54. The number of rotatable bonds is 11. The van der Waals surface area contributed by atoms with Crippen molar-refractivity contribution >= 4 is 69.3 Å². The Hall–Kier alpha value is -5.11. The average Bonchev–Trinajstić information content (AvgIpc) is 3.41. The molecule has 1 aromatic heterocycles. The zero-order chi connectivity index (χ0) is 33.2. The van der Waals surface area contributed by atoms with Crippen LogP contribution in [0, 0.1) is 0 Å². The Morgan fingerprint density at radius 3 is 2.56 bits per heavy atom. The van der Waals surface area contributed by atoms with Crippen LogP contribution in [-0.4, -0.2) is 108 Å². The van der Waals surface area contributed by atoms with Gasteiger partial charge in [0.25, 0.3) is 11.8 Å². The van der Waals surface area contributed by atoms with E-state index in [1.54, 1.807) is 0 Å². The predicted octanol–water partition coefficient (Wildman–Crippen LogP) is -0.176. The topological polar surface area (TPSA) is 276 Å². The molecular formula is C25H27N7O11S2. The molecule has 3 amide bonds. The maximum absolute atomic E-state index is 13.2. The third-order valence-electron chi connectivity index (χ3n) is 6.54. The summed E-state index contributed by atoms with van der Waals surface area (Å²) in [6.45, 7) is 2.14. The Morgan fingerprint density at radius 1 is 1.24 bits per heavy atom. The summed E-state index contributed by atoms with van der Waals surface area (Å²) in [5, 5.41) is 52.0. The number of amides is 3. The number of anilines is 1. The van der Waals surface area contributed by atoms with Gasteiger partial charge >= 0.3 is 11.9 Å². The molecule has 1 unspecified atom stereocenters. The SMILES string of the molecule is CON=C1CC(C(=O)NCC2=C(C(=O)O)N3C(=O)C(NC(=O)/C(=N\OC(C)(C)C(=O)O)c4csc(N)n4)[C@@H]3SC2)=CC(O)=C1O. The number of carboxylic acids is 2. The molecule has 0 saturated carbocycles. The van der Waals surface area contributed by atoms with Gasteiger partial charge in [0.05, 0.1) is 0 Å². The molecule has 0 radical (unpaired) electrons. The molecule has 1 saturated heterocycles. The van der Waals surface area contributed by atoms with Crippen LogP contribution < -0.4 is 16.4 Å². The number of β-lactam (4-membered cyclic amide) rings is 1. The van der Waals surface area contributed by atoms with Gasteiger partial charge in [-0.05, 0) is 25.5 Å². The number of aromatic nitrogens is 1. The van der Waals surface area contributed by atoms with Crippen molar-refractivity contribution in [3.8, 4) is 0 Å². The van der Waals surface area contributed by atoms with Gasteiger partial charge in [-0.15, -0.1) is 23.1 Å². The normalized spacial score (nSPS) is 21.1. The fourth-order valence-electron chi connectivity index (χ4n) is 4.16. The van der Waals surface area contributed by atoms with Gasteiger partial charge in [0.1, 0.15) is 35.6 Å². The number of nitrogens with one attached hydrogen (secondary N) is 2. The highest BCUT2D eigenvalue weighted by molar-refractivity contribution is 8.00. The second-order valence-electron chi connectivity index (χ2n) is 10.0. The molecule has 18 nitrogen and oxygen atoms in total. The lowest BCUT2D eigenvalue weighted by Crippen LogP contribution is -2.71. The molecule has 2 aliphatic heterocycles. The van der Waals surface area contributed by atoms with Crippen molar-refractivity contribution in [2.24, 2.45) is 10.3 Å². The van der Waals surface area contributed by atoms with Crippen molar-refractivity contribution in [3.05, 3.63) is 45.5 Å². The van der Waals surface area contributed by atoms with Crippen LogP contribution in [0.1, 0.15) is 26.0 Å². The Balaban J connectivity index is 1.49. The summed E-state index contributed by atoms with van der Waals surface area (Å²) in [4.78, 5) is 77.5. The molecule has 45 heavy (non-hydrogen) atoms. The molecular weight excluding hydrogens is 638 g/mol. The van der Waals surface area contributed by atoms with E-state index >= 15 is 0 Å². The van der Waals surface area contributed by atoms with Crippen molar-refractivity contribution in [3.63, 3.8) is 0 Å². The molecule has 3 aliphatic rings. The van der Waals surface area contributed by atoms with E-state index in [1.165, 1.54) is 26.3 Å². The van der Waals surface area contributed by atoms with E-state index in [9.17, 15) is 44.4 Å². The van der Waals surface area contributed by atoms with Crippen molar-refractivity contribution in [2.75, 3.05) is 25.1 Å². The Bertz CT molecular complexity index is 1630. The molecule has 0 bridgehead atoms. The van der Waals surface area contributed by atoms with Gasteiger partial charge in [-0.2, -0.15) is 0 Å². The number of hydrogen-bond acceptors (Lipinski definition) is 15. The van der Waals surface area contributed by atoms with Crippen molar-refractivity contribution in [2.45, 2.75) is 37.3 Å². The molecule has 3 heterocycles. The van der Waals surface area contributed by atoms with Crippen LogP contribution in [-0.2, 0) is 33.6 Å². The molecule has 1 aromatic rings. The number of aliphatic hydroxyl groups excluding tert-OH is 2. The number of thioether (sulfide) groups is 1. The number of hydrogen-bond donors (Lipinski definition) is 7. The van der Waals surface area contributed by atoms with Gasteiger partial charge in [0.15, 0.2) is 22.4 Å². The number of oxime groups is 2. The summed E-state index contributed by atoms with van der Waals surface area (Å²) < 4.78 is 0. The first-order valence-electron chi connectivity index (χ1n) is 12.8. The summed E-state index contributed by atoms with van der Waals surface area (Å²) in [6, 6.07) is -1.19. The number of carbonyl (C=O) groups excluding carboxylic acids is 3. The second kappa shape index (κ2) is 12.9. The van der Waals surface area contributed by atoms with Gasteiger partial charge < -0.3 is 46.5 Å². The summed E-state index contributed by atoms with van der Waals surface area (Å²) in [7, 11) is 1.22. The maximum Gasteiger partial charge on any atom is 0.352 e. The molecule has 0 spiro atoms. The van der Waals surface area contributed by atoms with E-state index in [0.717, 1.165) is 34.1 Å². The number of nitrogen functional groups attached to an aromatic ring is 1. The van der Waals surface area contributed by atoms with Gasteiger partial charge in [0, 0.05) is 29.7 Å². The van der Waals surface area contributed by atoms with Crippen LogP contribution in [0.4, 0.5) is 5.13 Å². The Morgan fingerprint density at radius 2 is 1.96 bits per heavy atom. The number of nitrogens with two attached hydrogens (primary N) is 1. The first-order chi connectivity index (χ1) is 21.2. The van der Waals surface area contributed by atoms with Gasteiger partial charge in [0.2, 0.25) is 11.5 Å². The Labute approximate surface area is 261 Å². The molecule has 240 valence electrons. The second-order valence-corrected chi connectivity index (χ2v) is 12.0. The first-order valence-corrected chi connectivity index (χ1v) is 14.7. The van der Waals surface area contributed by atoms with Crippen molar-refractivity contribution in [1.82, 2.24) is 20.5 Å². The van der Waals surface area contributed by atoms with Crippen LogP contribution in [0.2, 0.25) is 0 Å². The largest absolute Gasteiger partial charge is 0.504 e. The van der Waals surface area contributed by atoms with E-state index < -0.39 is 63.9 Å². The van der Waals surface area contributed by atoms with Crippen LogP contribution in [0.3, 0.4) is 0 Å². The van der Waals surface area contributed by atoms with Crippen LogP contribution in [0.5, 0.6) is 0 Å². The van der Waals surface area contributed by atoms with Gasteiger partial charge in [-0.1, -0.05) is 10.3 Å². The third kappa shape index (κ3) is 6.70. The lowest BCUT2D eigenvalue weighted by molar-refractivity contribution is -0.161. The fraction of sp³-hybridized carbons (Fsp3) is 0.360. The van der Waals surface area contributed by atoms with E-state index in [2.05, 4.69) is 30.8 Å². The molecule has 2 atom stereocenters. The fourth-order valence-corrected chi connectivity index (χ4v) is 6.05. The van der Waals surface area contributed by atoms with Gasteiger partial charge in [-0.25, -0.2) is 14.6 Å². The molecule has 8 N–H and O–H groups in total. The quantitative estimate of drug-likeness (QED) is 0.0918. The lowest BCUT2D eigenvalue weighted by Gasteiger charge is -2.49. The summed E-state index contributed by atoms with van der Waals surface area (Å²) in [6.07, 6.45) is 0.857. The molecule has 20 heteroatoms. The molecule has 1 aliphatic carbocycles. The van der Waals surface area contributed by atoms with E-state index in [4.69, 9.17) is 10.6 Å². The number of aliphatic carboxylic acids is 2. The standard InChI is InChI=1S/C25H27N7O11S2/c1-25(2,23(40)41)43-31-14(12-8-45-24(26)28-12)19(36)29-15-20(37)32-16(22(38)39)10(7-44-21(15)32)6-27-18(35)9-4-11(30-42-3)17(34)13(33)5-9/h5,8,15,21,33-34H,4,6-7H2,1-3H3,(H2,26,28)(H,27,35)(H,29,36)(H,38,39)(H,40,41)/b30-11?,31-14-/t15?,21-/m0/s1. The number of nitrogens with zero attached hydrogens (tertiary/aromatic N) is 4. The summed E-state index contributed by atoms with van der Waals surface area (Å²) in [5.74, 6) is -6.29. The van der Waals surface area contributed by atoms with E-state index in [-0.39, 0.29) is 52.1 Å². The van der Waals surface area contributed by atoms with Crippen molar-refractivity contribution < 1.29 is 54.1 Å². The van der Waals surface area contributed by atoms with Crippen LogP contribution in [0.25, 0.3) is 0 Å². The summed E-state index contributed by atoms with van der Waals surface area (Å²) in [5.41, 5.74) is 3.11. The number of allylic oxidation sites excluding steroid dienone is 2. The van der Waals surface area contributed by atoms with E-state index in [0.29, 0.717) is 0 Å². The predicted molar refractivity (Wildman–Crippen MR) is 158 cm³/mol. The summed E-state index contributed by atoms with van der Waals surface area (Å²) >= 11 is 2.11. The van der Waals surface area contributed by atoms with Crippen molar-refractivity contribution in [1.29, 1.82) is 0 Å². The Kier molecular flexibility index (Phi) is 9.37. The number of aliphatic hydroxyl groups is 2. The minimum absolute atomic E-state index is 0.0118. The smallest absolute Gasteiger partial charge is 0.352 e. The zero-order valence-electron chi connectivity index (χ0n) is 23.8. The van der Waals surface area contributed by atoms with Crippen LogP contribution in [0.15, 0.2) is 50.1 Å². The lowest BCUT2D eigenvalue weighted by atomic mass is 9.99. The number of fused-ring (bicyclic) bond motifs is 1. The number of carboxylic acid groups (broad SMARTS) is 2. The zero-order valence-corrected chi connectivity index (χ0v) is 25.4. The molecule has 1 fully saturated rings. The van der Waals surface area contributed by atoms with Crippen LogP contribution >= 0.6 is 23.1 Å². The first kappa shape index (κ1) is 32.8. The highest BCUT2D eigenvalue weighted by Crippen LogP contribution is 2.40. The third-order valence-corrected chi connectivity index (χ3v) is 8.55. The van der Waals surface area contributed by atoms with Gasteiger partial charge in [-0.3, -0.25) is 19.3 Å². The minimum atomic E-state index is -1.81. The molecule has 4 rings (SSSR count). The maximum atomic E-state index is 13.2. The highest BCUT2D eigenvalue weighted by atomic mass is 32.2. The average molecular weight is 666 g/mol. The van der Waals surface area contributed by atoms with E-state index in [1.807, 2.05) is 0 Å².